The SMILES string of the molecule is CCc1cc2ccc([C@@](C)(C#N)CCOc3ccccc3)cc2[nH]c1=O. The summed E-state index contributed by atoms with van der Waals surface area (Å²) in [5.74, 6) is 0.794. The number of para-hydroxylation sites is 1. The van der Waals surface area contributed by atoms with Crippen LogP contribution in [0.3, 0.4) is 0 Å². The highest BCUT2D eigenvalue weighted by molar-refractivity contribution is 5.80. The lowest BCUT2D eigenvalue weighted by molar-refractivity contribution is 0.285. The number of nitrogens with zero attached hydrogens (tertiary/aromatic N) is 1. The number of hydrogen-bond acceptors (Lipinski definition) is 3. The summed E-state index contributed by atoms with van der Waals surface area (Å²) in [4.78, 5) is 15.0. The second-order valence-electron chi connectivity index (χ2n) is 6.63. The van der Waals surface area contributed by atoms with Crippen LogP contribution < -0.4 is 10.3 Å². The summed E-state index contributed by atoms with van der Waals surface area (Å²) >= 11 is 0. The van der Waals surface area contributed by atoms with Crippen LogP contribution in [0.2, 0.25) is 0 Å². The first-order chi connectivity index (χ1) is 12.6. The number of aromatic amines is 1. The van der Waals surface area contributed by atoms with E-state index in [0.717, 1.165) is 27.8 Å². The van der Waals surface area contributed by atoms with Gasteiger partial charge in [-0.2, -0.15) is 5.26 Å². The van der Waals surface area contributed by atoms with E-state index in [9.17, 15) is 10.1 Å². The van der Waals surface area contributed by atoms with E-state index >= 15 is 0 Å². The summed E-state index contributed by atoms with van der Waals surface area (Å²) in [6.45, 7) is 4.31. The Balaban J connectivity index is 1.84. The van der Waals surface area contributed by atoms with Crippen LogP contribution in [0.4, 0.5) is 0 Å². The number of ether oxygens (including phenoxy) is 1. The van der Waals surface area contributed by atoms with Gasteiger partial charge in [-0.15, -0.1) is 0 Å². The molecule has 0 bridgehead atoms. The molecule has 2 aromatic carbocycles. The van der Waals surface area contributed by atoms with E-state index in [1.807, 2.05) is 68.4 Å². The predicted molar refractivity (Wildman–Crippen MR) is 103 cm³/mol. The average molecular weight is 346 g/mol. The Bertz CT molecular complexity index is 1000. The van der Waals surface area contributed by atoms with Gasteiger partial charge in [-0.3, -0.25) is 4.79 Å². The predicted octanol–water partition coefficient (Wildman–Crippen LogP) is 4.34. The minimum atomic E-state index is -0.691. The number of aromatic nitrogens is 1. The van der Waals surface area contributed by atoms with Gasteiger partial charge in [-0.1, -0.05) is 37.3 Å². The molecule has 0 saturated heterocycles. The number of nitrogens with one attached hydrogen (secondary N) is 1. The van der Waals surface area contributed by atoms with E-state index in [2.05, 4.69) is 11.1 Å². The van der Waals surface area contributed by atoms with Gasteiger partial charge >= 0.3 is 0 Å². The van der Waals surface area contributed by atoms with Crippen molar-refractivity contribution in [3.8, 4) is 11.8 Å². The third-order valence-electron chi connectivity index (χ3n) is 4.80. The average Bonchev–Trinajstić information content (AvgIpc) is 2.67. The molecule has 3 rings (SSSR count). The molecule has 0 spiro atoms. The molecule has 1 N–H and O–H groups in total. The van der Waals surface area contributed by atoms with Crippen LogP contribution in [0.1, 0.15) is 31.4 Å². The first-order valence-corrected chi connectivity index (χ1v) is 8.81. The van der Waals surface area contributed by atoms with E-state index in [-0.39, 0.29) is 5.56 Å². The van der Waals surface area contributed by atoms with Crippen LogP contribution in [0.5, 0.6) is 5.75 Å². The molecule has 3 aromatic rings. The molecule has 0 amide bonds. The highest BCUT2D eigenvalue weighted by Gasteiger charge is 2.27. The van der Waals surface area contributed by atoms with Crippen molar-refractivity contribution in [2.75, 3.05) is 6.61 Å². The topological polar surface area (TPSA) is 65.9 Å². The molecule has 0 aliphatic rings. The molecule has 4 heteroatoms. The lowest BCUT2D eigenvalue weighted by atomic mass is 9.81. The Kier molecular flexibility index (Phi) is 5.09. The monoisotopic (exact) mass is 346 g/mol. The van der Waals surface area contributed by atoms with Gasteiger partial charge in [0.05, 0.1) is 18.1 Å². The van der Waals surface area contributed by atoms with Crippen LogP contribution in [0.25, 0.3) is 10.9 Å². The standard InChI is InChI=1S/C22H22N2O2/c1-3-16-13-17-9-10-18(14-20(17)24-21(16)25)22(2,15-23)11-12-26-19-7-5-4-6-8-19/h4-10,13-14H,3,11-12H2,1-2H3,(H,24,25)/t22-/m1/s1. The second-order valence-corrected chi connectivity index (χ2v) is 6.63. The first-order valence-electron chi connectivity index (χ1n) is 8.81. The highest BCUT2D eigenvalue weighted by Crippen LogP contribution is 2.29. The van der Waals surface area contributed by atoms with Gasteiger partial charge in [0.2, 0.25) is 0 Å². The Morgan fingerprint density at radius 2 is 1.92 bits per heavy atom. The summed E-state index contributed by atoms with van der Waals surface area (Å²) in [7, 11) is 0. The van der Waals surface area contributed by atoms with E-state index in [1.165, 1.54) is 0 Å². The first kappa shape index (κ1) is 17.8. The zero-order chi connectivity index (χ0) is 18.6. The maximum Gasteiger partial charge on any atom is 0.251 e. The zero-order valence-corrected chi connectivity index (χ0v) is 15.1. The Morgan fingerprint density at radius 3 is 2.62 bits per heavy atom. The van der Waals surface area contributed by atoms with Gasteiger partial charge in [-0.05, 0) is 48.6 Å². The number of hydrogen-bond donors (Lipinski definition) is 1. The minimum Gasteiger partial charge on any atom is -0.494 e. The van der Waals surface area contributed by atoms with Crippen LogP contribution >= 0.6 is 0 Å². The van der Waals surface area contributed by atoms with Gasteiger partial charge < -0.3 is 9.72 Å². The zero-order valence-electron chi connectivity index (χ0n) is 15.1. The fourth-order valence-corrected chi connectivity index (χ4v) is 3.01. The fraction of sp³-hybridized carbons (Fsp3) is 0.273. The normalized spacial score (nSPS) is 13.1. The van der Waals surface area contributed by atoms with Gasteiger partial charge in [0.15, 0.2) is 0 Å². The number of nitriles is 1. The molecule has 0 fully saturated rings. The number of rotatable bonds is 6. The number of H-pyrrole nitrogens is 1. The van der Waals surface area contributed by atoms with Crippen LogP contribution in [0, 0.1) is 11.3 Å². The summed E-state index contributed by atoms with van der Waals surface area (Å²) in [5, 5.41) is 10.7. The highest BCUT2D eigenvalue weighted by atomic mass is 16.5. The number of fused-ring (bicyclic) bond motifs is 1. The molecule has 0 saturated carbocycles. The molecule has 0 aliphatic carbocycles. The fourth-order valence-electron chi connectivity index (χ4n) is 3.01. The van der Waals surface area contributed by atoms with Gasteiger partial charge in [0, 0.05) is 17.5 Å². The third-order valence-corrected chi connectivity index (χ3v) is 4.80. The lowest BCUT2D eigenvalue weighted by Crippen LogP contribution is -2.23. The molecule has 1 atom stereocenters. The molecule has 4 nitrogen and oxygen atoms in total. The summed E-state index contributed by atoms with van der Waals surface area (Å²) in [5.41, 5.74) is 1.65. The lowest BCUT2D eigenvalue weighted by Gasteiger charge is -2.22. The van der Waals surface area contributed by atoms with Crippen molar-refractivity contribution in [1.29, 1.82) is 5.26 Å². The Morgan fingerprint density at radius 1 is 1.15 bits per heavy atom. The maximum absolute atomic E-state index is 12.1. The Hall–Kier alpha value is -3.06. The van der Waals surface area contributed by atoms with E-state index in [4.69, 9.17) is 4.74 Å². The number of aryl methyl sites for hydroxylation is 1. The van der Waals surface area contributed by atoms with E-state index in [0.29, 0.717) is 19.4 Å². The van der Waals surface area contributed by atoms with Crippen LogP contribution in [-0.2, 0) is 11.8 Å². The molecule has 0 unspecified atom stereocenters. The van der Waals surface area contributed by atoms with Crippen LogP contribution in [-0.4, -0.2) is 11.6 Å². The van der Waals surface area contributed by atoms with E-state index in [1.54, 1.807) is 0 Å². The van der Waals surface area contributed by atoms with Crippen molar-refractivity contribution in [2.24, 2.45) is 0 Å². The maximum atomic E-state index is 12.1. The summed E-state index contributed by atoms with van der Waals surface area (Å²) < 4.78 is 5.75. The van der Waals surface area contributed by atoms with Crippen LogP contribution in [0.15, 0.2) is 59.4 Å². The number of pyridine rings is 1. The summed E-state index contributed by atoms with van der Waals surface area (Å²) in [6, 6.07) is 19.7. The molecule has 1 heterocycles. The molecular formula is C22H22N2O2. The molecule has 0 radical (unpaired) electrons. The molecule has 132 valence electrons. The quantitative estimate of drug-likeness (QED) is 0.722. The summed E-state index contributed by atoms with van der Waals surface area (Å²) in [6.07, 6.45) is 1.25. The van der Waals surface area contributed by atoms with Gasteiger partial charge in [0.1, 0.15) is 5.75 Å². The second kappa shape index (κ2) is 7.45. The van der Waals surface area contributed by atoms with Crippen molar-refractivity contribution in [2.45, 2.75) is 32.1 Å². The third kappa shape index (κ3) is 3.62. The van der Waals surface area contributed by atoms with Gasteiger partial charge in [-0.25, -0.2) is 0 Å². The Labute approximate surface area is 153 Å². The molecule has 1 aromatic heterocycles. The minimum absolute atomic E-state index is 0.0665. The largest absolute Gasteiger partial charge is 0.494 e. The molecular weight excluding hydrogens is 324 g/mol. The van der Waals surface area contributed by atoms with Crippen molar-refractivity contribution >= 4 is 10.9 Å². The number of benzene rings is 2. The van der Waals surface area contributed by atoms with Crippen molar-refractivity contribution in [3.63, 3.8) is 0 Å². The smallest absolute Gasteiger partial charge is 0.251 e. The molecule has 0 aliphatic heterocycles. The molecule has 26 heavy (non-hydrogen) atoms. The van der Waals surface area contributed by atoms with Crippen molar-refractivity contribution in [3.05, 3.63) is 76.1 Å². The van der Waals surface area contributed by atoms with Crippen molar-refractivity contribution < 1.29 is 4.74 Å². The van der Waals surface area contributed by atoms with E-state index < -0.39 is 5.41 Å². The van der Waals surface area contributed by atoms with Crippen molar-refractivity contribution in [1.82, 2.24) is 4.98 Å². The van der Waals surface area contributed by atoms with Gasteiger partial charge in [0.25, 0.3) is 5.56 Å².